The van der Waals surface area contributed by atoms with Gasteiger partial charge in [-0.15, -0.1) is 0 Å². The molecule has 0 unspecified atom stereocenters. The van der Waals surface area contributed by atoms with Crippen LogP contribution in [0.3, 0.4) is 0 Å². The molecule has 0 heterocycles. The van der Waals surface area contributed by atoms with Crippen LogP contribution in [0.1, 0.15) is 5.56 Å². The van der Waals surface area contributed by atoms with E-state index in [2.05, 4.69) is 5.32 Å². The molecule has 0 aliphatic rings. The average molecular weight is 266 g/mol. The van der Waals surface area contributed by atoms with Crippen LogP contribution in [0.2, 0.25) is 0 Å². The fraction of sp³-hybridized carbons (Fsp3) is 0.400. The second kappa shape index (κ2) is 8.20. The number of hydrogen-bond donors (Lipinski definition) is 2. The molecule has 5 nitrogen and oxygen atoms in total. The van der Waals surface area contributed by atoms with Crippen molar-refractivity contribution in [3.63, 3.8) is 0 Å². The van der Waals surface area contributed by atoms with Crippen molar-refractivity contribution >= 4 is 10.1 Å². The Hall–Kier alpha value is 0.0500. The van der Waals surface area contributed by atoms with Crippen LogP contribution >= 0.6 is 0 Å². The maximum absolute atomic E-state index is 10.7. The van der Waals surface area contributed by atoms with E-state index in [4.69, 9.17) is 5.73 Å². The first-order valence-electron chi connectivity index (χ1n) is 4.99. The van der Waals surface area contributed by atoms with Gasteiger partial charge in [-0.05, 0) is 30.7 Å². The molecule has 0 aliphatic carbocycles. The number of nitrogens with two attached hydrogens (primary N) is 1. The molecule has 17 heavy (non-hydrogen) atoms. The van der Waals surface area contributed by atoms with E-state index in [1.54, 1.807) is 12.1 Å². The molecule has 0 radical (unpaired) electrons. The van der Waals surface area contributed by atoms with Crippen molar-refractivity contribution in [2.24, 2.45) is 5.73 Å². The first-order chi connectivity index (χ1) is 7.54. The second-order valence-electron chi connectivity index (χ2n) is 3.39. The summed E-state index contributed by atoms with van der Waals surface area (Å²) in [6.45, 7) is 2.13. The first-order valence-corrected chi connectivity index (χ1v) is 6.40. The molecule has 0 spiro atoms. The molecule has 1 aromatic rings. The molecule has 3 N–H and O–H groups in total. The van der Waals surface area contributed by atoms with Crippen molar-refractivity contribution in [1.29, 1.82) is 0 Å². The van der Waals surface area contributed by atoms with Crippen molar-refractivity contribution in [2.45, 2.75) is 11.3 Å². The van der Waals surface area contributed by atoms with Gasteiger partial charge in [0, 0.05) is 13.1 Å². The third-order valence-corrected chi connectivity index (χ3v) is 2.97. The van der Waals surface area contributed by atoms with E-state index in [0.29, 0.717) is 6.54 Å². The van der Waals surface area contributed by atoms with Crippen LogP contribution in [0, 0.1) is 0 Å². The molecule has 0 saturated heterocycles. The van der Waals surface area contributed by atoms with Crippen molar-refractivity contribution in [3.05, 3.63) is 29.8 Å². The van der Waals surface area contributed by atoms with E-state index in [1.165, 1.54) is 12.1 Å². The zero-order valence-electron chi connectivity index (χ0n) is 9.85. The van der Waals surface area contributed by atoms with Gasteiger partial charge in [0.25, 0.3) is 0 Å². The molecule has 0 aliphatic heterocycles. The Morgan fingerprint density at radius 2 is 1.76 bits per heavy atom. The van der Waals surface area contributed by atoms with Crippen LogP contribution in [0.5, 0.6) is 0 Å². The number of benzene rings is 1. The smallest absolute Gasteiger partial charge is 0.744 e. The predicted octanol–water partition coefficient (Wildman–Crippen LogP) is -3.31. The number of nitrogens with one attached hydrogen (secondary N) is 1. The summed E-state index contributed by atoms with van der Waals surface area (Å²) in [5.74, 6) is 0. The molecule has 1 aromatic carbocycles. The van der Waals surface area contributed by atoms with Gasteiger partial charge in [-0.25, -0.2) is 8.42 Å². The normalized spacial score (nSPS) is 10.9. The van der Waals surface area contributed by atoms with Crippen LogP contribution in [0.4, 0.5) is 0 Å². The minimum atomic E-state index is -4.33. The molecular weight excluding hydrogens is 251 g/mol. The summed E-state index contributed by atoms with van der Waals surface area (Å²) in [4.78, 5) is -0.189. The van der Waals surface area contributed by atoms with Gasteiger partial charge in [0.15, 0.2) is 0 Å². The van der Waals surface area contributed by atoms with Gasteiger partial charge < -0.3 is 15.6 Å². The van der Waals surface area contributed by atoms with E-state index in [0.717, 1.165) is 25.1 Å². The Bertz CT molecular complexity index is 420. The number of rotatable bonds is 6. The topological polar surface area (TPSA) is 95.2 Å². The van der Waals surface area contributed by atoms with Gasteiger partial charge in [0.2, 0.25) is 0 Å². The predicted molar refractivity (Wildman–Crippen MR) is 60.0 cm³/mol. The summed E-state index contributed by atoms with van der Waals surface area (Å²) in [5.41, 5.74) is 6.30. The summed E-state index contributed by atoms with van der Waals surface area (Å²) in [7, 11) is -4.33. The third-order valence-electron chi connectivity index (χ3n) is 2.12. The van der Waals surface area contributed by atoms with Crippen LogP contribution in [-0.4, -0.2) is 32.6 Å². The summed E-state index contributed by atoms with van der Waals surface area (Å²) >= 11 is 0. The average Bonchev–Trinajstić information content (AvgIpc) is 2.24. The van der Waals surface area contributed by atoms with Gasteiger partial charge in [-0.1, -0.05) is 12.1 Å². The summed E-state index contributed by atoms with van der Waals surface area (Å²) in [5, 5.41) is 3.12. The summed E-state index contributed by atoms with van der Waals surface area (Å²) in [6.07, 6.45) is 0.777. The summed E-state index contributed by atoms with van der Waals surface area (Å²) < 4.78 is 32.0. The van der Waals surface area contributed by atoms with Crippen molar-refractivity contribution < 1.29 is 42.5 Å². The minimum Gasteiger partial charge on any atom is -0.744 e. The first kappa shape index (κ1) is 17.1. The maximum atomic E-state index is 10.7. The zero-order valence-corrected chi connectivity index (χ0v) is 12.7. The van der Waals surface area contributed by atoms with Gasteiger partial charge in [-0.2, -0.15) is 0 Å². The molecule has 0 fully saturated rings. The SMILES string of the molecule is NCCNCCc1ccc(S(=O)(=O)[O-])cc1.[Na+]. The Morgan fingerprint density at radius 1 is 1.18 bits per heavy atom. The fourth-order valence-corrected chi connectivity index (χ4v) is 1.75. The summed E-state index contributed by atoms with van der Waals surface area (Å²) in [6, 6.07) is 5.96. The Morgan fingerprint density at radius 3 is 2.24 bits per heavy atom. The van der Waals surface area contributed by atoms with Gasteiger partial charge in [0.05, 0.1) is 4.90 Å². The van der Waals surface area contributed by atoms with Crippen LogP contribution < -0.4 is 40.6 Å². The number of hydrogen-bond acceptors (Lipinski definition) is 5. The monoisotopic (exact) mass is 266 g/mol. The molecule has 0 aromatic heterocycles. The molecular formula is C10H15N2NaO3S. The van der Waals surface area contributed by atoms with Crippen LogP contribution in [0.25, 0.3) is 0 Å². The Kier molecular flexibility index (Phi) is 8.23. The van der Waals surface area contributed by atoms with Crippen LogP contribution in [0.15, 0.2) is 29.2 Å². The van der Waals surface area contributed by atoms with E-state index >= 15 is 0 Å². The van der Waals surface area contributed by atoms with Crippen LogP contribution in [-0.2, 0) is 16.5 Å². The fourth-order valence-electron chi connectivity index (χ4n) is 1.28. The van der Waals surface area contributed by atoms with Crippen molar-refractivity contribution in [2.75, 3.05) is 19.6 Å². The van der Waals surface area contributed by atoms with Crippen molar-refractivity contribution in [1.82, 2.24) is 5.32 Å². The second-order valence-corrected chi connectivity index (χ2v) is 4.77. The van der Waals surface area contributed by atoms with E-state index < -0.39 is 10.1 Å². The molecule has 0 saturated carbocycles. The largest absolute Gasteiger partial charge is 1.00 e. The standard InChI is InChI=1S/C10H16N2O3S.Na/c11-6-8-12-7-5-9-1-3-10(4-2-9)16(13,14)15;/h1-4,12H,5-8,11H2,(H,13,14,15);/q;+1/p-1. The molecule has 90 valence electrons. The quantitative estimate of drug-likeness (QED) is 0.319. The van der Waals surface area contributed by atoms with E-state index in [9.17, 15) is 13.0 Å². The van der Waals surface area contributed by atoms with Gasteiger partial charge >= 0.3 is 29.6 Å². The van der Waals surface area contributed by atoms with E-state index in [-0.39, 0.29) is 34.5 Å². The molecule has 1 rings (SSSR count). The minimum absolute atomic E-state index is 0. The third kappa shape index (κ3) is 6.52. The molecule has 0 amide bonds. The van der Waals surface area contributed by atoms with E-state index in [1.807, 2.05) is 0 Å². The molecule has 0 bridgehead atoms. The molecule has 0 atom stereocenters. The van der Waals surface area contributed by atoms with Gasteiger partial charge in [0.1, 0.15) is 10.1 Å². The molecule has 7 heteroatoms. The van der Waals surface area contributed by atoms with Crippen molar-refractivity contribution in [3.8, 4) is 0 Å². The van der Waals surface area contributed by atoms with Gasteiger partial charge in [-0.3, -0.25) is 0 Å². The zero-order chi connectivity index (χ0) is 12.0. The Balaban J connectivity index is 0.00000256. The Labute approximate surface area is 124 Å². The maximum Gasteiger partial charge on any atom is 1.00 e.